The number of methoxy groups -OCH3 is 1. The SMILES string of the molecule is COc1ccc(-n2nc(-c3cccs3)cc2C(=O)NC2CCCCNC2=O)cc1. The van der Waals surface area contributed by atoms with Crippen LogP contribution in [0.25, 0.3) is 16.3 Å². The van der Waals surface area contributed by atoms with Crippen LogP contribution in [0.1, 0.15) is 29.8 Å². The lowest BCUT2D eigenvalue weighted by molar-refractivity contribution is -0.122. The van der Waals surface area contributed by atoms with Crippen LogP contribution in [0.4, 0.5) is 0 Å². The summed E-state index contributed by atoms with van der Waals surface area (Å²) in [6.45, 7) is 0.650. The van der Waals surface area contributed by atoms with Crippen molar-refractivity contribution in [3.05, 3.63) is 53.5 Å². The highest BCUT2D eigenvalue weighted by Gasteiger charge is 2.25. The van der Waals surface area contributed by atoms with E-state index in [1.807, 2.05) is 41.8 Å². The summed E-state index contributed by atoms with van der Waals surface area (Å²) >= 11 is 1.56. The number of hydrogen-bond acceptors (Lipinski definition) is 5. The maximum absolute atomic E-state index is 13.1. The first kappa shape index (κ1) is 19.2. The van der Waals surface area contributed by atoms with E-state index in [0.29, 0.717) is 24.4 Å². The van der Waals surface area contributed by atoms with Crippen LogP contribution in [-0.2, 0) is 4.79 Å². The maximum atomic E-state index is 13.1. The Morgan fingerprint density at radius 3 is 2.83 bits per heavy atom. The van der Waals surface area contributed by atoms with Gasteiger partial charge in [-0.05, 0) is 61.0 Å². The number of carbonyl (C=O) groups excluding carboxylic acids is 2. The third kappa shape index (κ3) is 4.17. The molecule has 2 N–H and O–H groups in total. The Hall–Kier alpha value is -3.13. The van der Waals surface area contributed by atoms with Crippen molar-refractivity contribution in [1.82, 2.24) is 20.4 Å². The Kier molecular flexibility index (Phi) is 5.62. The number of rotatable bonds is 5. The largest absolute Gasteiger partial charge is 0.497 e. The molecular formula is C21H22N4O3S. The Morgan fingerprint density at radius 1 is 1.28 bits per heavy atom. The van der Waals surface area contributed by atoms with E-state index in [0.717, 1.165) is 29.2 Å². The minimum Gasteiger partial charge on any atom is -0.497 e. The van der Waals surface area contributed by atoms with Crippen molar-refractivity contribution in [2.45, 2.75) is 25.3 Å². The highest BCUT2D eigenvalue weighted by atomic mass is 32.1. The molecule has 4 rings (SSSR count). The lowest BCUT2D eigenvalue weighted by Gasteiger charge is -2.15. The lowest BCUT2D eigenvalue weighted by Crippen LogP contribution is -2.45. The van der Waals surface area contributed by atoms with E-state index in [-0.39, 0.29) is 11.8 Å². The molecular weight excluding hydrogens is 388 g/mol. The Bertz CT molecular complexity index is 996. The van der Waals surface area contributed by atoms with Crippen LogP contribution in [0.3, 0.4) is 0 Å². The van der Waals surface area contributed by atoms with Gasteiger partial charge in [-0.25, -0.2) is 4.68 Å². The van der Waals surface area contributed by atoms with Crippen molar-refractivity contribution in [3.63, 3.8) is 0 Å². The van der Waals surface area contributed by atoms with E-state index < -0.39 is 6.04 Å². The van der Waals surface area contributed by atoms with E-state index >= 15 is 0 Å². The van der Waals surface area contributed by atoms with E-state index in [1.165, 1.54) is 0 Å². The van der Waals surface area contributed by atoms with E-state index in [9.17, 15) is 9.59 Å². The summed E-state index contributed by atoms with van der Waals surface area (Å²) in [5, 5.41) is 12.4. The topological polar surface area (TPSA) is 85.2 Å². The summed E-state index contributed by atoms with van der Waals surface area (Å²) in [4.78, 5) is 26.3. The fourth-order valence-corrected chi connectivity index (χ4v) is 4.00. The van der Waals surface area contributed by atoms with Gasteiger partial charge in [0.05, 0.1) is 17.7 Å². The van der Waals surface area contributed by atoms with E-state index in [1.54, 1.807) is 29.2 Å². The summed E-state index contributed by atoms with van der Waals surface area (Å²) in [5.41, 5.74) is 1.84. The average molecular weight is 410 g/mol. The fourth-order valence-electron chi connectivity index (χ4n) is 3.32. The summed E-state index contributed by atoms with van der Waals surface area (Å²) < 4.78 is 6.83. The molecule has 8 heteroatoms. The van der Waals surface area contributed by atoms with Gasteiger partial charge < -0.3 is 15.4 Å². The number of thiophene rings is 1. The molecule has 1 aromatic carbocycles. The maximum Gasteiger partial charge on any atom is 0.270 e. The standard InChI is InChI=1S/C21H22N4O3S/c1-28-15-9-7-14(8-10-15)25-18(13-17(24-25)19-6-4-12-29-19)21(27)23-16-5-2-3-11-22-20(16)26/h4,6-10,12-13,16H,2-3,5,11H2,1H3,(H,22,26)(H,23,27). The monoisotopic (exact) mass is 410 g/mol. The van der Waals surface area contributed by atoms with E-state index in [2.05, 4.69) is 15.7 Å². The number of amides is 2. The summed E-state index contributed by atoms with van der Waals surface area (Å²) in [7, 11) is 1.61. The normalized spacial score (nSPS) is 16.7. The van der Waals surface area contributed by atoms with Crippen LogP contribution in [0.5, 0.6) is 5.75 Å². The van der Waals surface area contributed by atoms with Crippen molar-refractivity contribution in [2.24, 2.45) is 0 Å². The van der Waals surface area contributed by atoms with Gasteiger partial charge in [-0.1, -0.05) is 6.07 Å². The number of benzene rings is 1. The van der Waals surface area contributed by atoms with Crippen molar-refractivity contribution in [2.75, 3.05) is 13.7 Å². The molecule has 0 radical (unpaired) electrons. The van der Waals surface area contributed by atoms with Crippen molar-refractivity contribution in [3.8, 4) is 22.0 Å². The van der Waals surface area contributed by atoms with Crippen LogP contribution >= 0.6 is 11.3 Å². The molecule has 0 saturated carbocycles. The minimum atomic E-state index is -0.533. The Balaban J connectivity index is 1.68. The second kappa shape index (κ2) is 8.48. The van der Waals surface area contributed by atoms with Crippen LogP contribution in [-0.4, -0.2) is 41.3 Å². The second-order valence-corrected chi connectivity index (χ2v) is 7.76. The smallest absolute Gasteiger partial charge is 0.270 e. The zero-order valence-corrected chi connectivity index (χ0v) is 16.9. The molecule has 2 amide bonds. The lowest BCUT2D eigenvalue weighted by atomic mass is 10.1. The first-order chi connectivity index (χ1) is 14.2. The Morgan fingerprint density at radius 2 is 2.10 bits per heavy atom. The van der Waals surface area contributed by atoms with Gasteiger partial charge in [0.25, 0.3) is 5.91 Å². The molecule has 1 atom stereocenters. The van der Waals surface area contributed by atoms with Gasteiger partial charge in [-0.2, -0.15) is 5.10 Å². The molecule has 0 spiro atoms. The fraction of sp³-hybridized carbons (Fsp3) is 0.286. The first-order valence-electron chi connectivity index (χ1n) is 9.52. The molecule has 29 heavy (non-hydrogen) atoms. The average Bonchev–Trinajstić information content (AvgIpc) is 3.38. The molecule has 3 aromatic rings. The number of hydrogen-bond donors (Lipinski definition) is 2. The predicted molar refractivity (Wildman–Crippen MR) is 112 cm³/mol. The van der Waals surface area contributed by atoms with Gasteiger partial charge >= 0.3 is 0 Å². The first-order valence-corrected chi connectivity index (χ1v) is 10.4. The van der Waals surface area contributed by atoms with Crippen LogP contribution in [0.2, 0.25) is 0 Å². The highest BCUT2D eigenvalue weighted by Crippen LogP contribution is 2.26. The molecule has 0 bridgehead atoms. The molecule has 1 saturated heterocycles. The number of ether oxygens (including phenoxy) is 1. The zero-order chi connectivity index (χ0) is 20.2. The molecule has 150 valence electrons. The number of carbonyl (C=O) groups is 2. The molecule has 1 aliphatic heterocycles. The second-order valence-electron chi connectivity index (χ2n) is 6.81. The number of nitrogens with zero attached hydrogens (tertiary/aromatic N) is 2. The molecule has 3 heterocycles. The van der Waals surface area contributed by atoms with Gasteiger partial charge in [0, 0.05) is 6.54 Å². The molecule has 1 aliphatic rings. The van der Waals surface area contributed by atoms with Gasteiger partial charge in [0.2, 0.25) is 5.91 Å². The molecule has 2 aromatic heterocycles. The third-order valence-electron chi connectivity index (χ3n) is 4.87. The summed E-state index contributed by atoms with van der Waals surface area (Å²) in [6, 6.07) is 12.5. The summed E-state index contributed by atoms with van der Waals surface area (Å²) in [5.74, 6) is 0.267. The van der Waals surface area contributed by atoms with Gasteiger partial charge in [0.1, 0.15) is 23.2 Å². The zero-order valence-electron chi connectivity index (χ0n) is 16.1. The van der Waals surface area contributed by atoms with Gasteiger partial charge in [-0.15, -0.1) is 11.3 Å². The molecule has 7 nitrogen and oxygen atoms in total. The molecule has 0 aliphatic carbocycles. The highest BCUT2D eigenvalue weighted by molar-refractivity contribution is 7.13. The van der Waals surface area contributed by atoms with Gasteiger partial charge in [-0.3, -0.25) is 9.59 Å². The predicted octanol–water partition coefficient (Wildman–Crippen LogP) is 3.01. The van der Waals surface area contributed by atoms with Crippen LogP contribution < -0.4 is 15.4 Å². The summed E-state index contributed by atoms with van der Waals surface area (Å²) in [6.07, 6.45) is 2.44. The third-order valence-corrected chi connectivity index (χ3v) is 5.77. The van der Waals surface area contributed by atoms with Crippen molar-refractivity contribution < 1.29 is 14.3 Å². The van der Waals surface area contributed by atoms with Crippen LogP contribution in [0.15, 0.2) is 47.8 Å². The molecule has 1 fully saturated rings. The van der Waals surface area contributed by atoms with Crippen LogP contribution in [0, 0.1) is 0 Å². The minimum absolute atomic E-state index is 0.134. The molecule has 1 unspecified atom stereocenters. The van der Waals surface area contributed by atoms with E-state index in [4.69, 9.17) is 4.74 Å². The number of aromatic nitrogens is 2. The quantitative estimate of drug-likeness (QED) is 0.677. The Labute approximate surface area is 172 Å². The number of nitrogens with one attached hydrogen (secondary N) is 2. The van der Waals surface area contributed by atoms with Gasteiger partial charge in [0.15, 0.2) is 0 Å². The van der Waals surface area contributed by atoms with Crippen molar-refractivity contribution >= 4 is 23.2 Å². The van der Waals surface area contributed by atoms with Crippen molar-refractivity contribution in [1.29, 1.82) is 0 Å².